The van der Waals surface area contributed by atoms with E-state index in [2.05, 4.69) is 4.90 Å². The highest BCUT2D eigenvalue weighted by molar-refractivity contribution is 6.30. The molecule has 1 saturated heterocycles. The number of nitrogens with zero attached hydrogens (tertiary/aromatic N) is 1. The number of rotatable bonds is 4. The van der Waals surface area contributed by atoms with Crippen LogP contribution in [0.15, 0.2) is 18.2 Å². The fourth-order valence-electron chi connectivity index (χ4n) is 2.83. The van der Waals surface area contributed by atoms with Crippen LogP contribution in [-0.4, -0.2) is 35.8 Å². The molecule has 2 fully saturated rings. The number of halogens is 1. The molecule has 1 aliphatic heterocycles. The fraction of sp³-hybridized carbons (Fsp3) is 0.571. The molecule has 1 aromatic rings. The van der Waals surface area contributed by atoms with E-state index in [4.69, 9.17) is 16.3 Å². The minimum absolute atomic E-state index is 0.425. The lowest BCUT2D eigenvalue weighted by molar-refractivity contribution is -0.116. The number of hydrogen-bond acceptors (Lipinski definition) is 3. The van der Waals surface area contributed by atoms with E-state index >= 15 is 0 Å². The third kappa shape index (κ3) is 2.22. The van der Waals surface area contributed by atoms with Crippen molar-refractivity contribution in [2.24, 2.45) is 5.92 Å². The first kappa shape index (κ1) is 12.3. The van der Waals surface area contributed by atoms with Crippen LogP contribution in [0.1, 0.15) is 18.4 Å². The summed E-state index contributed by atoms with van der Waals surface area (Å²) < 4.78 is 5.33. The van der Waals surface area contributed by atoms with Crippen molar-refractivity contribution in [2.75, 3.05) is 20.2 Å². The Morgan fingerprint density at radius 2 is 2.17 bits per heavy atom. The number of likely N-dealkylation sites (tertiary alicyclic amines) is 1. The molecule has 0 unspecified atom stereocenters. The molecule has 1 aliphatic carbocycles. The van der Waals surface area contributed by atoms with Gasteiger partial charge in [0.1, 0.15) is 5.75 Å². The molecule has 1 N–H and O–H groups in total. The minimum atomic E-state index is -0.425. The Bertz CT molecular complexity index is 453. The molecule has 0 radical (unpaired) electrons. The average molecular weight is 268 g/mol. The van der Waals surface area contributed by atoms with Crippen LogP contribution in [0, 0.1) is 5.92 Å². The maximum atomic E-state index is 10.3. The summed E-state index contributed by atoms with van der Waals surface area (Å²) in [6, 6.07) is 5.67. The molecule has 2 aliphatic rings. The molecule has 18 heavy (non-hydrogen) atoms. The van der Waals surface area contributed by atoms with E-state index in [0.29, 0.717) is 5.92 Å². The van der Waals surface area contributed by atoms with Gasteiger partial charge < -0.3 is 9.84 Å². The number of benzene rings is 1. The second kappa shape index (κ2) is 4.41. The Morgan fingerprint density at radius 1 is 1.44 bits per heavy atom. The topological polar surface area (TPSA) is 32.7 Å². The van der Waals surface area contributed by atoms with Crippen molar-refractivity contribution in [1.29, 1.82) is 0 Å². The van der Waals surface area contributed by atoms with Crippen LogP contribution in [-0.2, 0) is 6.54 Å². The first-order valence-corrected chi connectivity index (χ1v) is 6.76. The zero-order valence-electron chi connectivity index (χ0n) is 10.5. The second-order valence-corrected chi connectivity index (χ2v) is 5.92. The van der Waals surface area contributed by atoms with Gasteiger partial charge in [-0.3, -0.25) is 4.90 Å². The SMILES string of the molecule is COc1ccc(Cl)cc1CN1CC(O)(C2CC2)C1. The Hall–Kier alpha value is -0.770. The third-order valence-corrected chi connectivity index (χ3v) is 4.20. The Morgan fingerprint density at radius 3 is 2.78 bits per heavy atom. The van der Waals surface area contributed by atoms with Gasteiger partial charge in [-0.05, 0) is 37.0 Å². The highest BCUT2D eigenvalue weighted by atomic mass is 35.5. The zero-order chi connectivity index (χ0) is 12.8. The molecule has 3 nitrogen and oxygen atoms in total. The molecule has 1 heterocycles. The van der Waals surface area contributed by atoms with E-state index < -0.39 is 5.60 Å². The smallest absolute Gasteiger partial charge is 0.123 e. The number of β-amino-alcohol motifs (C(OH)–C–C–N with tert-alkyl or cyclic N) is 1. The van der Waals surface area contributed by atoms with Crippen molar-refractivity contribution < 1.29 is 9.84 Å². The summed E-state index contributed by atoms with van der Waals surface area (Å²) in [6.45, 7) is 2.33. The highest BCUT2D eigenvalue weighted by Crippen LogP contribution is 2.45. The van der Waals surface area contributed by atoms with Gasteiger partial charge in [-0.15, -0.1) is 0 Å². The first-order chi connectivity index (χ1) is 8.60. The van der Waals surface area contributed by atoms with Crippen molar-refractivity contribution in [2.45, 2.75) is 25.0 Å². The summed E-state index contributed by atoms with van der Waals surface area (Å²) in [7, 11) is 1.67. The molecule has 1 aromatic carbocycles. The monoisotopic (exact) mass is 267 g/mol. The number of hydrogen-bond donors (Lipinski definition) is 1. The molecule has 3 rings (SSSR count). The van der Waals surface area contributed by atoms with E-state index in [1.807, 2.05) is 18.2 Å². The largest absolute Gasteiger partial charge is 0.496 e. The molecule has 0 bridgehead atoms. The Kier molecular flexibility index (Phi) is 3.00. The van der Waals surface area contributed by atoms with Gasteiger partial charge >= 0.3 is 0 Å². The van der Waals surface area contributed by atoms with Gasteiger partial charge in [-0.2, -0.15) is 0 Å². The third-order valence-electron chi connectivity index (χ3n) is 3.97. The van der Waals surface area contributed by atoms with Gasteiger partial charge in [0.2, 0.25) is 0 Å². The normalized spacial score (nSPS) is 22.6. The highest BCUT2D eigenvalue weighted by Gasteiger charge is 2.51. The maximum Gasteiger partial charge on any atom is 0.123 e. The number of methoxy groups -OCH3 is 1. The summed E-state index contributed by atoms with van der Waals surface area (Å²) in [5.74, 6) is 1.40. The lowest BCUT2D eigenvalue weighted by Crippen LogP contribution is -2.62. The molecule has 1 saturated carbocycles. The maximum absolute atomic E-state index is 10.3. The molecule has 0 aromatic heterocycles. The predicted molar refractivity (Wildman–Crippen MR) is 71.0 cm³/mol. The van der Waals surface area contributed by atoms with Gasteiger partial charge in [0.05, 0.1) is 12.7 Å². The van der Waals surface area contributed by atoms with Crippen LogP contribution in [0.3, 0.4) is 0 Å². The minimum Gasteiger partial charge on any atom is -0.496 e. The van der Waals surface area contributed by atoms with E-state index in [1.165, 1.54) is 12.8 Å². The lowest BCUT2D eigenvalue weighted by Gasteiger charge is -2.47. The zero-order valence-corrected chi connectivity index (χ0v) is 11.3. The van der Waals surface area contributed by atoms with Crippen LogP contribution in [0.25, 0.3) is 0 Å². The summed E-state index contributed by atoms with van der Waals surface area (Å²) in [4.78, 5) is 2.24. The summed E-state index contributed by atoms with van der Waals surface area (Å²) in [5.41, 5.74) is 0.661. The van der Waals surface area contributed by atoms with Crippen LogP contribution in [0.2, 0.25) is 5.02 Å². The summed E-state index contributed by atoms with van der Waals surface area (Å²) >= 11 is 6.01. The average Bonchev–Trinajstić information content (AvgIpc) is 3.11. The molecular formula is C14H18ClNO2. The van der Waals surface area contributed by atoms with E-state index in [0.717, 1.165) is 36.0 Å². The van der Waals surface area contributed by atoms with E-state index in [-0.39, 0.29) is 0 Å². The Labute approximate surface area is 112 Å². The van der Waals surface area contributed by atoms with Crippen molar-refractivity contribution in [3.8, 4) is 5.75 Å². The van der Waals surface area contributed by atoms with Crippen molar-refractivity contribution in [3.63, 3.8) is 0 Å². The molecule has 0 amide bonds. The van der Waals surface area contributed by atoms with Crippen LogP contribution in [0.4, 0.5) is 0 Å². The van der Waals surface area contributed by atoms with Crippen LogP contribution < -0.4 is 4.74 Å². The first-order valence-electron chi connectivity index (χ1n) is 6.38. The fourth-order valence-corrected chi connectivity index (χ4v) is 3.03. The van der Waals surface area contributed by atoms with E-state index in [9.17, 15) is 5.11 Å². The lowest BCUT2D eigenvalue weighted by atomic mass is 9.88. The van der Waals surface area contributed by atoms with Gasteiger partial charge in [-0.25, -0.2) is 0 Å². The standard InChI is InChI=1S/C14H18ClNO2/c1-18-13-5-4-12(15)6-10(13)7-16-8-14(17,9-16)11-2-3-11/h4-6,11,17H,2-3,7-9H2,1H3. The van der Waals surface area contributed by atoms with Crippen molar-refractivity contribution in [1.82, 2.24) is 4.90 Å². The van der Waals surface area contributed by atoms with Gasteiger partial charge in [-0.1, -0.05) is 11.6 Å². The van der Waals surface area contributed by atoms with Gasteiger partial charge in [0.25, 0.3) is 0 Å². The van der Waals surface area contributed by atoms with Crippen LogP contribution >= 0.6 is 11.6 Å². The quantitative estimate of drug-likeness (QED) is 0.909. The number of ether oxygens (including phenoxy) is 1. The second-order valence-electron chi connectivity index (χ2n) is 5.48. The molecular weight excluding hydrogens is 250 g/mol. The van der Waals surface area contributed by atoms with E-state index in [1.54, 1.807) is 7.11 Å². The molecule has 0 spiro atoms. The molecule has 4 heteroatoms. The molecule has 0 atom stereocenters. The number of aliphatic hydroxyl groups is 1. The van der Waals surface area contributed by atoms with Gasteiger partial charge in [0, 0.05) is 30.2 Å². The summed E-state index contributed by atoms with van der Waals surface area (Å²) in [6.07, 6.45) is 2.37. The predicted octanol–water partition coefficient (Wildman–Crippen LogP) is 2.31. The summed E-state index contributed by atoms with van der Waals surface area (Å²) in [5, 5.41) is 11.0. The van der Waals surface area contributed by atoms with Crippen LogP contribution in [0.5, 0.6) is 5.75 Å². The van der Waals surface area contributed by atoms with Crippen molar-refractivity contribution in [3.05, 3.63) is 28.8 Å². The molecule has 98 valence electrons. The van der Waals surface area contributed by atoms with Gasteiger partial charge in [0.15, 0.2) is 0 Å². The Balaban J connectivity index is 1.65. The van der Waals surface area contributed by atoms with Crippen molar-refractivity contribution >= 4 is 11.6 Å².